The fourth-order valence-electron chi connectivity index (χ4n) is 2.14. The first-order valence-electron chi connectivity index (χ1n) is 7.25. The molecule has 0 saturated carbocycles. The molecule has 1 heterocycles. The molecule has 1 amide bonds. The van der Waals surface area contributed by atoms with Gasteiger partial charge in [0.1, 0.15) is 0 Å². The number of carbonyl (C=O) groups excluding carboxylic acids is 1. The summed E-state index contributed by atoms with van der Waals surface area (Å²) in [5, 5.41) is 6.15. The fraction of sp³-hybridized carbons (Fsp3) is 0. The van der Waals surface area contributed by atoms with Gasteiger partial charge in [-0.3, -0.25) is 9.78 Å². The van der Waals surface area contributed by atoms with E-state index in [-0.39, 0.29) is 11.3 Å². The van der Waals surface area contributed by atoms with Crippen LogP contribution in [-0.4, -0.2) is 10.9 Å². The SMILES string of the molecule is O=C(Nc1ccc(F)c(F)c1)c1cncc(Nc2cccc(Cl)c2)c1. The number of aromatic nitrogens is 1. The number of anilines is 3. The number of nitrogens with one attached hydrogen (secondary N) is 2. The quantitative estimate of drug-likeness (QED) is 0.688. The van der Waals surface area contributed by atoms with E-state index in [1.165, 1.54) is 12.3 Å². The molecular formula is C18H12ClF2N3O. The molecular weight excluding hydrogens is 348 g/mol. The van der Waals surface area contributed by atoms with Crippen molar-refractivity contribution in [2.24, 2.45) is 0 Å². The second-order valence-corrected chi connectivity index (χ2v) is 5.62. The number of pyridine rings is 1. The van der Waals surface area contributed by atoms with Crippen LogP contribution in [0.1, 0.15) is 10.4 Å². The minimum absolute atomic E-state index is 0.150. The van der Waals surface area contributed by atoms with Crippen LogP contribution in [0.3, 0.4) is 0 Å². The average molecular weight is 360 g/mol. The first-order valence-corrected chi connectivity index (χ1v) is 7.63. The molecule has 4 nitrogen and oxygen atoms in total. The Bertz CT molecular complexity index is 934. The Balaban J connectivity index is 1.76. The molecule has 0 aliphatic carbocycles. The number of hydrogen-bond donors (Lipinski definition) is 2. The molecule has 0 unspecified atom stereocenters. The molecule has 0 saturated heterocycles. The summed E-state index contributed by atoms with van der Waals surface area (Å²) in [7, 11) is 0. The van der Waals surface area contributed by atoms with E-state index >= 15 is 0 Å². The highest BCUT2D eigenvalue weighted by Crippen LogP contribution is 2.21. The van der Waals surface area contributed by atoms with Gasteiger partial charge in [0.05, 0.1) is 17.4 Å². The lowest BCUT2D eigenvalue weighted by Gasteiger charge is -2.09. The molecule has 0 radical (unpaired) electrons. The maximum absolute atomic E-state index is 13.2. The number of benzene rings is 2. The summed E-state index contributed by atoms with van der Waals surface area (Å²) >= 11 is 5.93. The van der Waals surface area contributed by atoms with Crippen LogP contribution in [0, 0.1) is 11.6 Å². The van der Waals surface area contributed by atoms with Crippen LogP contribution >= 0.6 is 11.6 Å². The van der Waals surface area contributed by atoms with Gasteiger partial charge in [-0.25, -0.2) is 8.78 Å². The Morgan fingerprint density at radius 3 is 2.52 bits per heavy atom. The van der Waals surface area contributed by atoms with Gasteiger partial charge in [-0.15, -0.1) is 0 Å². The number of halogens is 3. The summed E-state index contributed by atoms with van der Waals surface area (Å²) in [6, 6.07) is 11.8. The molecule has 0 aliphatic rings. The summed E-state index contributed by atoms with van der Waals surface area (Å²) < 4.78 is 26.1. The highest BCUT2D eigenvalue weighted by Gasteiger charge is 2.10. The van der Waals surface area contributed by atoms with Crippen molar-refractivity contribution in [1.29, 1.82) is 0 Å². The fourth-order valence-corrected chi connectivity index (χ4v) is 2.33. The van der Waals surface area contributed by atoms with Crippen LogP contribution in [-0.2, 0) is 0 Å². The summed E-state index contributed by atoms with van der Waals surface area (Å²) in [5.74, 6) is -2.51. The summed E-state index contributed by atoms with van der Waals surface area (Å²) in [4.78, 5) is 16.3. The second kappa shape index (κ2) is 7.27. The Kier molecular flexibility index (Phi) is 4.90. The van der Waals surface area contributed by atoms with Gasteiger partial charge in [0.2, 0.25) is 0 Å². The van der Waals surface area contributed by atoms with Gasteiger partial charge in [0.15, 0.2) is 11.6 Å². The molecule has 0 spiro atoms. The number of hydrogen-bond acceptors (Lipinski definition) is 3. The third-order valence-corrected chi connectivity index (χ3v) is 3.53. The van der Waals surface area contributed by atoms with Crippen LogP contribution < -0.4 is 10.6 Å². The molecule has 1 aromatic heterocycles. The Morgan fingerprint density at radius 2 is 1.76 bits per heavy atom. The van der Waals surface area contributed by atoms with Gasteiger partial charge < -0.3 is 10.6 Å². The molecule has 3 rings (SSSR count). The summed E-state index contributed by atoms with van der Waals surface area (Å²) in [6.45, 7) is 0. The lowest BCUT2D eigenvalue weighted by molar-refractivity contribution is 0.102. The van der Waals surface area contributed by atoms with Crippen LogP contribution in [0.25, 0.3) is 0 Å². The van der Waals surface area contributed by atoms with Gasteiger partial charge in [0, 0.05) is 28.7 Å². The lowest BCUT2D eigenvalue weighted by Crippen LogP contribution is -2.12. The third-order valence-electron chi connectivity index (χ3n) is 3.29. The number of rotatable bonds is 4. The highest BCUT2D eigenvalue weighted by molar-refractivity contribution is 6.30. The predicted molar refractivity (Wildman–Crippen MR) is 93.3 cm³/mol. The van der Waals surface area contributed by atoms with E-state index in [1.54, 1.807) is 30.5 Å². The first-order chi connectivity index (χ1) is 12.0. The van der Waals surface area contributed by atoms with Crippen molar-refractivity contribution in [2.45, 2.75) is 0 Å². The van der Waals surface area contributed by atoms with Crippen molar-refractivity contribution < 1.29 is 13.6 Å². The van der Waals surface area contributed by atoms with E-state index in [2.05, 4.69) is 15.6 Å². The van der Waals surface area contributed by atoms with Gasteiger partial charge >= 0.3 is 0 Å². The monoisotopic (exact) mass is 359 g/mol. The van der Waals surface area contributed by atoms with Crippen molar-refractivity contribution >= 4 is 34.6 Å². The van der Waals surface area contributed by atoms with E-state index in [9.17, 15) is 13.6 Å². The van der Waals surface area contributed by atoms with Crippen molar-refractivity contribution in [3.05, 3.63) is 83.1 Å². The van der Waals surface area contributed by atoms with E-state index in [0.717, 1.165) is 17.8 Å². The van der Waals surface area contributed by atoms with Crippen LogP contribution in [0.2, 0.25) is 5.02 Å². The summed E-state index contributed by atoms with van der Waals surface area (Å²) in [6.07, 6.45) is 2.92. The third kappa shape index (κ3) is 4.30. The number of carbonyl (C=O) groups is 1. The van der Waals surface area contributed by atoms with E-state index in [0.29, 0.717) is 10.7 Å². The largest absolute Gasteiger partial charge is 0.354 e. The van der Waals surface area contributed by atoms with E-state index in [4.69, 9.17) is 11.6 Å². The number of amides is 1. The molecule has 126 valence electrons. The van der Waals surface area contributed by atoms with Crippen molar-refractivity contribution in [3.63, 3.8) is 0 Å². The van der Waals surface area contributed by atoms with Crippen LogP contribution in [0.4, 0.5) is 25.8 Å². The van der Waals surface area contributed by atoms with Gasteiger partial charge in [-0.2, -0.15) is 0 Å². The molecule has 0 bridgehead atoms. The molecule has 0 fully saturated rings. The second-order valence-electron chi connectivity index (χ2n) is 5.18. The molecule has 7 heteroatoms. The molecule has 2 aromatic carbocycles. The summed E-state index contributed by atoms with van der Waals surface area (Å²) in [5.41, 5.74) is 1.74. The lowest BCUT2D eigenvalue weighted by atomic mass is 10.2. The normalized spacial score (nSPS) is 10.4. The van der Waals surface area contributed by atoms with Crippen LogP contribution in [0.15, 0.2) is 60.9 Å². The standard InChI is InChI=1S/C18H12ClF2N3O/c19-12-2-1-3-13(7-12)23-15-6-11(9-22-10-15)18(25)24-14-4-5-16(20)17(21)8-14/h1-10,23H,(H,24,25). The van der Waals surface area contributed by atoms with Gasteiger partial charge in [0.25, 0.3) is 5.91 Å². The molecule has 0 atom stereocenters. The Labute approximate surface area is 147 Å². The van der Waals surface area contributed by atoms with Crippen molar-refractivity contribution in [3.8, 4) is 0 Å². The zero-order chi connectivity index (χ0) is 17.8. The minimum Gasteiger partial charge on any atom is -0.354 e. The number of nitrogens with zero attached hydrogens (tertiary/aromatic N) is 1. The first kappa shape index (κ1) is 16.9. The Morgan fingerprint density at radius 1 is 0.920 bits per heavy atom. The Hall–Kier alpha value is -2.99. The van der Waals surface area contributed by atoms with Gasteiger partial charge in [-0.1, -0.05) is 17.7 Å². The van der Waals surface area contributed by atoms with Crippen molar-refractivity contribution in [1.82, 2.24) is 4.98 Å². The molecule has 0 aliphatic heterocycles. The maximum atomic E-state index is 13.2. The topological polar surface area (TPSA) is 54.0 Å². The molecule has 25 heavy (non-hydrogen) atoms. The predicted octanol–water partition coefficient (Wildman–Crippen LogP) is 5.01. The van der Waals surface area contributed by atoms with Crippen LogP contribution in [0.5, 0.6) is 0 Å². The average Bonchev–Trinajstić information content (AvgIpc) is 2.58. The van der Waals surface area contributed by atoms with Crippen molar-refractivity contribution in [2.75, 3.05) is 10.6 Å². The maximum Gasteiger partial charge on any atom is 0.257 e. The van der Waals surface area contributed by atoms with E-state index < -0.39 is 17.5 Å². The van der Waals surface area contributed by atoms with E-state index in [1.807, 2.05) is 6.07 Å². The van der Waals surface area contributed by atoms with Gasteiger partial charge in [-0.05, 0) is 36.4 Å². The zero-order valence-electron chi connectivity index (χ0n) is 12.8. The minimum atomic E-state index is -1.03. The highest BCUT2D eigenvalue weighted by atomic mass is 35.5. The zero-order valence-corrected chi connectivity index (χ0v) is 13.5. The molecule has 2 N–H and O–H groups in total. The smallest absolute Gasteiger partial charge is 0.257 e. The molecule has 3 aromatic rings.